The molecule has 0 aliphatic heterocycles. The largest absolute Gasteiger partial charge is 0.478 e. The van der Waals surface area contributed by atoms with E-state index < -0.39 is 11.9 Å². The molecule has 0 saturated heterocycles. The van der Waals surface area contributed by atoms with Crippen LogP contribution in [0.1, 0.15) is 31.8 Å². The van der Waals surface area contributed by atoms with Crippen molar-refractivity contribution in [2.45, 2.75) is 0 Å². The number of nitrogens with one attached hydrogen (secondary N) is 3. The first kappa shape index (κ1) is 24.5. The Bertz CT molecular complexity index is 1350. The van der Waals surface area contributed by atoms with Crippen LogP contribution < -0.4 is 16.2 Å². The first-order chi connectivity index (χ1) is 18.0. The topological polar surface area (TPSA) is 161 Å². The number of hydrazone groups is 2. The van der Waals surface area contributed by atoms with Crippen molar-refractivity contribution in [1.82, 2.24) is 9.97 Å². The minimum Gasteiger partial charge on any atom is -0.478 e. The molecule has 0 aliphatic carbocycles. The number of carbonyl (C=O) groups is 2. The standard InChI is InChI=1S/C26H21N7O4/c34-24(35)19-10-6-17(7-11-19)15-27-32-23-14-22(29-21-4-2-1-3-5-21)30-26(31-23)33-28-16-18-8-12-20(13-9-18)25(36)37/h1-16H,(H,34,35)(H,36,37)(H3,29,30,31,32,33). The molecular formula is C26H21N7O4. The van der Waals surface area contributed by atoms with E-state index in [1.54, 1.807) is 30.3 Å². The molecule has 5 N–H and O–H groups in total. The molecule has 0 saturated carbocycles. The van der Waals surface area contributed by atoms with E-state index in [-0.39, 0.29) is 17.1 Å². The maximum atomic E-state index is 11.0. The van der Waals surface area contributed by atoms with Crippen molar-refractivity contribution < 1.29 is 19.8 Å². The molecule has 0 atom stereocenters. The number of rotatable bonds is 10. The number of para-hydroxylation sites is 1. The van der Waals surface area contributed by atoms with Gasteiger partial charge in [0.2, 0.25) is 5.95 Å². The SMILES string of the molecule is O=C(O)c1ccc(C=NNc2cc(Nc3ccccc3)nc(NN=Cc3ccc(C(=O)O)cc3)n2)cc1. The molecule has 0 amide bonds. The van der Waals surface area contributed by atoms with E-state index in [0.29, 0.717) is 22.8 Å². The van der Waals surface area contributed by atoms with Crippen LogP contribution >= 0.6 is 0 Å². The number of aromatic nitrogens is 2. The summed E-state index contributed by atoms with van der Waals surface area (Å²) < 4.78 is 0. The van der Waals surface area contributed by atoms with Crippen molar-refractivity contribution in [3.05, 3.63) is 107 Å². The summed E-state index contributed by atoms with van der Waals surface area (Å²) in [6.07, 6.45) is 3.04. The van der Waals surface area contributed by atoms with E-state index in [1.165, 1.54) is 36.7 Å². The van der Waals surface area contributed by atoms with Gasteiger partial charge >= 0.3 is 11.9 Å². The minimum absolute atomic E-state index is 0.183. The number of hydrogen-bond donors (Lipinski definition) is 5. The van der Waals surface area contributed by atoms with Crippen LogP contribution in [0.25, 0.3) is 0 Å². The monoisotopic (exact) mass is 495 g/mol. The molecule has 0 radical (unpaired) electrons. The van der Waals surface area contributed by atoms with Crippen LogP contribution in [0.5, 0.6) is 0 Å². The Labute approximate surface area is 211 Å². The Hall–Kier alpha value is -5.58. The van der Waals surface area contributed by atoms with Gasteiger partial charge in [0.25, 0.3) is 0 Å². The van der Waals surface area contributed by atoms with Gasteiger partial charge in [0.05, 0.1) is 23.6 Å². The van der Waals surface area contributed by atoms with Crippen LogP contribution in [-0.2, 0) is 0 Å². The third-order valence-electron chi connectivity index (χ3n) is 4.86. The van der Waals surface area contributed by atoms with E-state index in [9.17, 15) is 9.59 Å². The molecule has 0 unspecified atom stereocenters. The lowest BCUT2D eigenvalue weighted by Crippen LogP contribution is -2.04. The van der Waals surface area contributed by atoms with Gasteiger partial charge in [-0.25, -0.2) is 15.0 Å². The molecule has 11 heteroatoms. The summed E-state index contributed by atoms with van der Waals surface area (Å²) in [4.78, 5) is 30.8. The lowest BCUT2D eigenvalue weighted by Gasteiger charge is -2.09. The average Bonchev–Trinajstić information content (AvgIpc) is 2.90. The summed E-state index contributed by atoms with van der Waals surface area (Å²) in [6.45, 7) is 0. The maximum Gasteiger partial charge on any atom is 0.335 e. The van der Waals surface area contributed by atoms with Crippen molar-refractivity contribution in [1.29, 1.82) is 0 Å². The van der Waals surface area contributed by atoms with Gasteiger partial charge < -0.3 is 15.5 Å². The lowest BCUT2D eigenvalue weighted by molar-refractivity contribution is 0.0686. The highest BCUT2D eigenvalue weighted by Crippen LogP contribution is 2.19. The van der Waals surface area contributed by atoms with Crippen molar-refractivity contribution >= 4 is 47.6 Å². The second kappa shape index (κ2) is 11.7. The van der Waals surface area contributed by atoms with Gasteiger partial charge in [0.15, 0.2) is 5.82 Å². The molecule has 0 aliphatic rings. The molecule has 0 spiro atoms. The minimum atomic E-state index is -1.00. The normalized spacial score (nSPS) is 10.9. The quantitative estimate of drug-likeness (QED) is 0.157. The van der Waals surface area contributed by atoms with Crippen LogP contribution in [0.4, 0.5) is 23.3 Å². The molecule has 3 aromatic carbocycles. The predicted octanol–water partition coefficient (Wildman–Crippen LogP) is 4.51. The van der Waals surface area contributed by atoms with Gasteiger partial charge in [-0.15, -0.1) is 0 Å². The molecule has 184 valence electrons. The highest BCUT2D eigenvalue weighted by molar-refractivity contribution is 5.90. The van der Waals surface area contributed by atoms with Crippen molar-refractivity contribution in [3.63, 3.8) is 0 Å². The highest BCUT2D eigenvalue weighted by atomic mass is 16.4. The Morgan fingerprint density at radius 3 is 1.73 bits per heavy atom. The first-order valence-corrected chi connectivity index (χ1v) is 10.9. The number of hydrogen-bond acceptors (Lipinski definition) is 9. The Morgan fingerprint density at radius 2 is 1.19 bits per heavy atom. The summed E-state index contributed by atoms with van der Waals surface area (Å²) in [7, 11) is 0. The number of anilines is 4. The van der Waals surface area contributed by atoms with Gasteiger partial charge in [-0.05, 0) is 47.5 Å². The molecule has 0 fully saturated rings. The number of benzene rings is 3. The summed E-state index contributed by atoms with van der Waals surface area (Å²) in [5, 5.41) is 29.5. The summed E-state index contributed by atoms with van der Waals surface area (Å²) >= 11 is 0. The van der Waals surface area contributed by atoms with Gasteiger partial charge in [-0.3, -0.25) is 5.43 Å². The summed E-state index contributed by atoms with van der Waals surface area (Å²) in [5.41, 5.74) is 8.18. The number of carboxylic acids is 2. The third-order valence-corrected chi connectivity index (χ3v) is 4.86. The van der Waals surface area contributed by atoms with Crippen LogP contribution in [-0.4, -0.2) is 44.5 Å². The molecule has 4 aromatic rings. The highest BCUT2D eigenvalue weighted by Gasteiger charge is 2.06. The molecule has 1 heterocycles. The van der Waals surface area contributed by atoms with E-state index in [0.717, 1.165) is 5.69 Å². The predicted molar refractivity (Wildman–Crippen MR) is 141 cm³/mol. The number of nitrogens with zero attached hydrogens (tertiary/aromatic N) is 4. The second-order valence-electron chi connectivity index (χ2n) is 7.55. The number of aromatic carboxylic acids is 2. The fraction of sp³-hybridized carbons (Fsp3) is 0. The fourth-order valence-corrected chi connectivity index (χ4v) is 3.05. The first-order valence-electron chi connectivity index (χ1n) is 10.9. The number of carboxylic acid groups (broad SMARTS) is 2. The van der Waals surface area contributed by atoms with Crippen LogP contribution in [0.15, 0.2) is 95.1 Å². The van der Waals surface area contributed by atoms with E-state index in [2.05, 4.69) is 36.3 Å². The van der Waals surface area contributed by atoms with E-state index in [4.69, 9.17) is 10.2 Å². The van der Waals surface area contributed by atoms with Crippen LogP contribution in [0, 0.1) is 0 Å². The Balaban J connectivity index is 1.50. The third kappa shape index (κ3) is 7.20. The zero-order valence-corrected chi connectivity index (χ0v) is 19.2. The van der Waals surface area contributed by atoms with Crippen LogP contribution in [0.3, 0.4) is 0 Å². The smallest absolute Gasteiger partial charge is 0.335 e. The molecule has 0 bridgehead atoms. The lowest BCUT2D eigenvalue weighted by atomic mass is 10.1. The Kier molecular flexibility index (Phi) is 7.77. The average molecular weight is 495 g/mol. The van der Waals surface area contributed by atoms with Gasteiger partial charge in [-0.2, -0.15) is 20.2 Å². The van der Waals surface area contributed by atoms with E-state index >= 15 is 0 Å². The summed E-state index contributed by atoms with van der Waals surface area (Å²) in [6, 6.07) is 23.6. The van der Waals surface area contributed by atoms with Crippen LogP contribution in [0.2, 0.25) is 0 Å². The Morgan fingerprint density at radius 1 is 0.676 bits per heavy atom. The zero-order chi connectivity index (χ0) is 26.0. The van der Waals surface area contributed by atoms with Gasteiger partial charge in [0.1, 0.15) is 5.82 Å². The maximum absolute atomic E-state index is 11.0. The zero-order valence-electron chi connectivity index (χ0n) is 19.2. The molecule has 37 heavy (non-hydrogen) atoms. The van der Waals surface area contributed by atoms with Crippen molar-refractivity contribution in [2.24, 2.45) is 10.2 Å². The fourth-order valence-electron chi connectivity index (χ4n) is 3.05. The second-order valence-corrected chi connectivity index (χ2v) is 7.55. The van der Waals surface area contributed by atoms with E-state index in [1.807, 2.05) is 30.3 Å². The molecule has 4 rings (SSSR count). The summed E-state index contributed by atoms with van der Waals surface area (Å²) in [5.74, 6) is -0.967. The molecule has 1 aromatic heterocycles. The van der Waals surface area contributed by atoms with Gasteiger partial charge in [-0.1, -0.05) is 42.5 Å². The molecular weight excluding hydrogens is 474 g/mol. The van der Waals surface area contributed by atoms with Crippen molar-refractivity contribution in [2.75, 3.05) is 16.2 Å². The van der Waals surface area contributed by atoms with Gasteiger partial charge in [0, 0.05) is 11.8 Å². The molecule has 11 nitrogen and oxygen atoms in total. The van der Waals surface area contributed by atoms with Crippen molar-refractivity contribution in [3.8, 4) is 0 Å².